The van der Waals surface area contributed by atoms with Crippen LogP contribution in [0.25, 0.3) is 11.4 Å². The van der Waals surface area contributed by atoms with E-state index in [-0.39, 0.29) is 17.9 Å². The number of halogens is 1. The summed E-state index contributed by atoms with van der Waals surface area (Å²) in [4.78, 5) is 13.9. The lowest BCUT2D eigenvalue weighted by Crippen LogP contribution is -2.49. The second-order valence-corrected chi connectivity index (χ2v) is 9.07. The van der Waals surface area contributed by atoms with Gasteiger partial charge in [-0.1, -0.05) is 0 Å². The summed E-state index contributed by atoms with van der Waals surface area (Å²) in [5.74, 6) is 0.876. The molecule has 0 bridgehead atoms. The highest BCUT2D eigenvalue weighted by atomic mass is 19.1. The van der Waals surface area contributed by atoms with Crippen LogP contribution in [0.3, 0.4) is 0 Å². The zero-order valence-corrected chi connectivity index (χ0v) is 18.1. The van der Waals surface area contributed by atoms with Crippen LogP contribution in [0.4, 0.5) is 9.18 Å². The fourth-order valence-electron chi connectivity index (χ4n) is 4.81. The lowest BCUT2D eigenvalue weighted by Gasteiger charge is -2.52. The van der Waals surface area contributed by atoms with Crippen LogP contribution >= 0.6 is 0 Å². The number of piperidine rings is 1. The van der Waals surface area contributed by atoms with Gasteiger partial charge in [-0.05, 0) is 87.1 Å². The van der Waals surface area contributed by atoms with Crippen LogP contribution in [-0.2, 0) is 4.74 Å². The van der Waals surface area contributed by atoms with E-state index in [2.05, 4.69) is 20.6 Å². The number of hydrogen-bond acceptors (Lipinski definition) is 6. The molecule has 1 N–H and O–H groups in total. The fraction of sp³-hybridized carbons (Fsp3) is 0.636. The molecule has 1 saturated heterocycles. The van der Waals surface area contributed by atoms with Gasteiger partial charge in [0.05, 0.1) is 12.7 Å². The van der Waals surface area contributed by atoms with Gasteiger partial charge in [0, 0.05) is 18.7 Å². The van der Waals surface area contributed by atoms with Crippen LogP contribution in [0.2, 0.25) is 0 Å². The number of ether oxygens (including phenoxy) is 2. The molecule has 1 aliphatic heterocycles. The maximum atomic E-state index is 14.3. The normalized spacial score (nSPS) is 18.3. The van der Waals surface area contributed by atoms with Gasteiger partial charge < -0.3 is 14.4 Å². The summed E-state index contributed by atoms with van der Waals surface area (Å²) in [5, 5.41) is 13.5. The smallest absolute Gasteiger partial charge is 0.410 e. The molecule has 0 atom stereocenters. The summed E-state index contributed by atoms with van der Waals surface area (Å²) < 4.78 is 25.2. The van der Waals surface area contributed by atoms with Gasteiger partial charge in [0.25, 0.3) is 0 Å². The molecule has 1 aromatic carbocycles. The van der Waals surface area contributed by atoms with Gasteiger partial charge >= 0.3 is 6.09 Å². The summed E-state index contributed by atoms with van der Waals surface area (Å²) in [6, 6.07) is 4.69. The highest BCUT2D eigenvalue weighted by molar-refractivity contribution is 5.67. The van der Waals surface area contributed by atoms with Crippen LogP contribution in [-0.4, -0.2) is 57.4 Å². The number of nitrogens with zero attached hydrogens (tertiary/aromatic N) is 4. The summed E-state index contributed by atoms with van der Waals surface area (Å²) in [7, 11) is 0. The Labute approximate surface area is 181 Å². The number of carbonyl (C=O) groups excluding carboxylic acids is 1. The SMILES string of the molecule is CC(C)OC(=O)N1CCC2(CC1)CC(CCCOc1ccc(-c3nn[nH]n3)cc1F)C2. The first-order valence-corrected chi connectivity index (χ1v) is 11.1. The summed E-state index contributed by atoms with van der Waals surface area (Å²) in [6.45, 7) is 5.84. The highest BCUT2D eigenvalue weighted by Crippen LogP contribution is 2.54. The zero-order chi connectivity index (χ0) is 21.8. The summed E-state index contributed by atoms with van der Waals surface area (Å²) in [6.07, 6.45) is 6.28. The maximum absolute atomic E-state index is 14.3. The molecule has 168 valence electrons. The van der Waals surface area contributed by atoms with Gasteiger partial charge in [0.1, 0.15) is 0 Å². The number of benzene rings is 1. The molecule has 9 heteroatoms. The van der Waals surface area contributed by atoms with E-state index in [1.807, 2.05) is 18.7 Å². The molecule has 8 nitrogen and oxygen atoms in total. The lowest BCUT2D eigenvalue weighted by molar-refractivity contribution is -0.0204. The minimum atomic E-state index is -0.423. The van der Waals surface area contributed by atoms with E-state index in [0.717, 1.165) is 38.8 Å². The number of rotatable bonds is 7. The van der Waals surface area contributed by atoms with Crippen LogP contribution in [0.15, 0.2) is 18.2 Å². The van der Waals surface area contributed by atoms with Crippen LogP contribution < -0.4 is 4.74 Å². The average molecular weight is 432 g/mol. The summed E-state index contributed by atoms with van der Waals surface area (Å²) >= 11 is 0. The lowest BCUT2D eigenvalue weighted by atomic mass is 9.56. The van der Waals surface area contributed by atoms with Gasteiger partial charge in [-0.25, -0.2) is 9.18 Å². The van der Waals surface area contributed by atoms with Gasteiger partial charge in [-0.15, -0.1) is 10.2 Å². The Kier molecular flexibility index (Phi) is 6.38. The molecule has 4 rings (SSSR count). The topological polar surface area (TPSA) is 93.2 Å². The first kappa shape index (κ1) is 21.5. The second kappa shape index (κ2) is 9.20. The van der Waals surface area contributed by atoms with Crippen molar-refractivity contribution in [3.8, 4) is 17.1 Å². The van der Waals surface area contributed by atoms with E-state index in [1.54, 1.807) is 12.1 Å². The molecule has 1 amide bonds. The Bertz CT molecular complexity index is 873. The molecule has 0 radical (unpaired) electrons. The maximum Gasteiger partial charge on any atom is 0.410 e. The first-order chi connectivity index (χ1) is 14.9. The predicted octanol–water partition coefficient (Wildman–Crippen LogP) is 4.20. The number of likely N-dealkylation sites (tertiary alicyclic amines) is 1. The first-order valence-electron chi connectivity index (χ1n) is 11.1. The number of aromatic amines is 1. The van der Waals surface area contributed by atoms with Crippen molar-refractivity contribution in [2.24, 2.45) is 11.3 Å². The number of hydrogen-bond donors (Lipinski definition) is 1. The largest absolute Gasteiger partial charge is 0.491 e. The third kappa shape index (κ3) is 5.14. The van der Waals surface area contributed by atoms with Crippen molar-refractivity contribution >= 4 is 6.09 Å². The molecule has 1 spiro atoms. The van der Waals surface area contributed by atoms with Crippen molar-refractivity contribution in [2.45, 2.75) is 58.5 Å². The monoisotopic (exact) mass is 431 g/mol. The molecule has 2 aromatic rings. The van der Waals surface area contributed by atoms with E-state index in [1.165, 1.54) is 18.9 Å². The van der Waals surface area contributed by atoms with Gasteiger partial charge in [-0.3, -0.25) is 0 Å². The van der Waals surface area contributed by atoms with Crippen LogP contribution in [0.5, 0.6) is 5.75 Å². The molecule has 1 aromatic heterocycles. The van der Waals surface area contributed by atoms with E-state index in [0.29, 0.717) is 29.3 Å². The second-order valence-electron chi connectivity index (χ2n) is 9.07. The van der Waals surface area contributed by atoms with Crippen LogP contribution in [0.1, 0.15) is 52.4 Å². The molecule has 1 aliphatic carbocycles. The van der Waals surface area contributed by atoms with Crippen molar-refractivity contribution < 1.29 is 18.7 Å². The number of aromatic nitrogens is 4. The summed E-state index contributed by atoms with van der Waals surface area (Å²) in [5.41, 5.74) is 0.957. The Morgan fingerprint density at radius 2 is 2.10 bits per heavy atom. The van der Waals surface area contributed by atoms with Crippen molar-refractivity contribution in [1.29, 1.82) is 0 Å². The predicted molar refractivity (Wildman–Crippen MR) is 112 cm³/mol. The number of amides is 1. The molecule has 31 heavy (non-hydrogen) atoms. The zero-order valence-electron chi connectivity index (χ0n) is 18.1. The molecule has 2 aliphatic rings. The number of nitrogens with one attached hydrogen (secondary N) is 1. The molecule has 2 fully saturated rings. The molecule has 2 heterocycles. The van der Waals surface area contributed by atoms with Crippen molar-refractivity contribution in [3.63, 3.8) is 0 Å². The quantitative estimate of drug-likeness (QED) is 0.661. The number of tetrazole rings is 1. The van der Waals surface area contributed by atoms with Crippen molar-refractivity contribution in [2.75, 3.05) is 19.7 Å². The Morgan fingerprint density at radius 3 is 2.74 bits per heavy atom. The third-order valence-corrected chi connectivity index (χ3v) is 6.41. The van der Waals surface area contributed by atoms with Crippen molar-refractivity contribution in [3.05, 3.63) is 24.0 Å². The molecular weight excluding hydrogens is 401 g/mol. The average Bonchev–Trinajstić information content (AvgIpc) is 3.25. The van der Waals surface area contributed by atoms with Gasteiger partial charge in [-0.2, -0.15) is 5.21 Å². The van der Waals surface area contributed by atoms with Gasteiger partial charge in [0.2, 0.25) is 5.82 Å². The molecule has 1 saturated carbocycles. The Morgan fingerprint density at radius 1 is 1.32 bits per heavy atom. The van der Waals surface area contributed by atoms with E-state index in [4.69, 9.17) is 9.47 Å². The van der Waals surface area contributed by atoms with Crippen molar-refractivity contribution in [1.82, 2.24) is 25.5 Å². The Balaban J connectivity index is 1.14. The van der Waals surface area contributed by atoms with Crippen LogP contribution in [0, 0.1) is 17.2 Å². The Hall–Kier alpha value is -2.71. The standard InChI is InChI=1S/C22H30FN5O3/c1-15(2)31-21(29)28-9-7-22(8-10-28)13-16(14-22)4-3-11-30-19-6-5-17(12-18(19)23)20-24-26-27-25-20/h5-6,12,15-16H,3-4,7-11,13-14H2,1-2H3,(H,24,25,26,27). The molecule has 0 unspecified atom stereocenters. The van der Waals surface area contributed by atoms with E-state index >= 15 is 0 Å². The van der Waals surface area contributed by atoms with Gasteiger partial charge in [0.15, 0.2) is 11.6 Å². The number of carbonyl (C=O) groups is 1. The minimum Gasteiger partial charge on any atom is -0.491 e. The van der Waals surface area contributed by atoms with E-state index in [9.17, 15) is 9.18 Å². The minimum absolute atomic E-state index is 0.0736. The highest BCUT2D eigenvalue weighted by Gasteiger charge is 2.46. The number of H-pyrrole nitrogens is 1. The molecular formula is C22H30FN5O3. The third-order valence-electron chi connectivity index (χ3n) is 6.41. The fourth-order valence-corrected chi connectivity index (χ4v) is 4.81. The van der Waals surface area contributed by atoms with E-state index < -0.39 is 5.82 Å².